The summed E-state index contributed by atoms with van der Waals surface area (Å²) < 4.78 is 19.1. The average molecular weight is 587 g/mol. The van der Waals surface area contributed by atoms with E-state index in [2.05, 4.69) is 4.99 Å². The van der Waals surface area contributed by atoms with Crippen molar-refractivity contribution in [3.63, 3.8) is 0 Å². The van der Waals surface area contributed by atoms with E-state index in [0.29, 0.717) is 55.6 Å². The number of carboxylic acid groups (broad SMARTS) is 1. The summed E-state index contributed by atoms with van der Waals surface area (Å²) >= 11 is 1.19. The first-order valence-corrected chi connectivity index (χ1v) is 14.3. The largest absolute Gasteiger partial charge is 0.494 e. The summed E-state index contributed by atoms with van der Waals surface area (Å²) in [6.07, 6.45) is 1.28. The van der Waals surface area contributed by atoms with Crippen molar-refractivity contribution in [2.24, 2.45) is 4.99 Å². The van der Waals surface area contributed by atoms with Crippen molar-refractivity contribution >= 4 is 29.4 Å². The molecule has 1 aliphatic heterocycles. The van der Waals surface area contributed by atoms with Gasteiger partial charge in [0.2, 0.25) is 0 Å². The lowest BCUT2D eigenvalue weighted by molar-refractivity contribution is -0.143. The van der Waals surface area contributed by atoms with Crippen LogP contribution in [0.25, 0.3) is 17.4 Å². The van der Waals surface area contributed by atoms with Gasteiger partial charge in [-0.2, -0.15) is 0 Å². The molecule has 0 aliphatic carbocycles. The summed E-state index contributed by atoms with van der Waals surface area (Å²) in [6, 6.07) is 14.8. The van der Waals surface area contributed by atoms with Crippen LogP contribution in [0.4, 0.5) is 0 Å². The van der Waals surface area contributed by atoms with Crippen LogP contribution in [-0.4, -0.2) is 34.3 Å². The fraction of sp³-hybridized carbons (Fsp3) is 0.250. The van der Waals surface area contributed by atoms with Crippen LogP contribution in [0.15, 0.2) is 80.1 Å². The van der Waals surface area contributed by atoms with E-state index in [1.165, 1.54) is 15.9 Å². The molecule has 2 aromatic carbocycles. The van der Waals surface area contributed by atoms with Crippen LogP contribution in [0.2, 0.25) is 0 Å². The molecule has 0 unspecified atom stereocenters. The Morgan fingerprint density at radius 3 is 2.52 bits per heavy atom. The number of aromatic carboxylic acids is 1. The molecule has 42 heavy (non-hydrogen) atoms. The Kier molecular flexibility index (Phi) is 8.00. The topological polar surface area (TPSA) is 120 Å². The molecular weight excluding hydrogens is 556 g/mol. The highest BCUT2D eigenvalue weighted by Crippen LogP contribution is 2.32. The van der Waals surface area contributed by atoms with E-state index in [9.17, 15) is 19.5 Å². The Morgan fingerprint density at radius 1 is 1.12 bits per heavy atom. The van der Waals surface area contributed by atoms with E-state index >= 15 is 0 Å². The van der Waals surface area contributed by atoms with Crippen molar-refractivity contribution in [2.45, 2.75) is 46.8 Å². The summed E-state index contributed by atoms with van der Waals surface area (Å²) in [7, 11) is 0. The third kappa shape index (κ3) is 5.58. The zero-order valence-electron chi connectivity index (χ0n) is 23.8. The van der Waals surface area contributed by atoms with Gasteiger partial charge >= 0.3 is 11.9 Å². The molecule has 2 aromatic heterocycles. The quantitative estimate of drug-likeness (QED) is 0.293. The predicted molar refractivity (Wildman–Crippen MR) is 158 cm³/mol. The Hall–Kier alpha value is -4.70. The maximum absolute atomic E-state index is 13.9. The number of carboxylic acids is 1. The molecule has 4 aromatic rings. The second kappa shape index (κ2) is 11.7. The molecule has 10 heteroatoms. The van der Waals surface area contributed by atoms with Crippen LogP contribution >= 0.6 is 11.3 Å². The summed E-state index contributed by atoms with van der Waals surface area (Å²) in [6.45, 7) is 9.55. The van der Waals surface area contributed by atoms with Crippen molar-refractivity contribution in [3.05, 3.63) is 108 Å². The molecule has 9 nitrogen and oxygen atoms in total. The molecule has 0 amide bonds. The molecule has 0 bridgehead atoms. The molecule has 1 atom stereocenters. The minimum atomic E-state index is -1.03. The lowest BCUT2D eigenvalue weighted by Gasteiger charge is -2.25. The second-order valence-electron chi connectivity index (χ2n) is 10.1. The number of thiazole rings is 1. The van der Waals surface area contributed by atoms with Gasteiger partial charge in [0.15, 0.2) is 4.80 Å². The number of esters is 1. The van der Waals surface area contributed by atoms with Gasteiger partial charge in [-0.05, 0) is 82.1 Å². The van der Waals surface area contributed by atoms with E-state index < -0.39 is 18.0 Å². The van der Waals surface area contributed by atoms with Crippen molar-refractivity contribution in [3.8, 4) is 17.1 Å². The molecule has 0 spiro atoms. The molecule has 3 heterocycles. The van der Waals surface area contributed by atoms with Gasteiger partial charge in [-0.3, -0.25) is 9.36 Å². The van der Waals surface area contributed by atoms with E-state index in [0.717, 1.165) is 5.56 Å². The standard InChI is InChI=1S/C32H30N2O7S/c1-6-39-22-11-9-20(10-12-22)28-27(31(38)40-17(2)3)19(5)33-32-34(28)29(35)26(42-32)16-23-13-14-25(41-23)24-15-21(30(36)37)8-7-18(24)4/h7-17,28H,6H2,1-5H3,(H,36,37)/b26-16+/t28-/m1/s1. The van der Waals surface area contributed by atoms with E-state index in [-0.39, 0.29) is 17.2 Å². The number of aryl methyl sites for hydroxylation is 1. The zero-order valence-corrected chi connectivity index (χ0v) is 24.7. The van der Waals surface area contributed by atoms with Gasteiger partial charge in [0.25, 0.3) is 5.56 Å². The Balaban J connectivity index is 1.61. The predicted octanol–water partition coefficient (Wildman–Crippen LogP) is 4.85. The number of hydrogen-bond acceptors (Lipinski definition) is 8. The SMILES string of the molecule is CCOc1ccc([C@@H]2C(C(=O)OC(C)C)=C(C)N=c3s/c(=C/c4ccc(-c5cc(C(=O)O)ccc5C)o4)c(=O)n32)cc1. The van der Waals surface area contributed by atoms with E-state index in [4.69, 9.17) is 13.9 Å². The molecule has 5 rings (SSSR count). The van der Waals surface area contributed by atoms with Crippen LogP contribution in [0.3, 0.4) is 0 Å². The van der Waals surface area contributed by atoms with Crippen LogP contribution < -0.4 is 19.6 Å². The molecular formula is C32H30N2O7S. The van der Waals surface area contributed by atoms with E-state index in [1.54, 1.807) is 69.3 Å². The number of benzene rings is 2. The van der Waals surface area contributed by atoms with Crippen LogP contribution in [0, 0.1) is 6.92 Å². The van der Waals surface area contributed by atoms with Crippen LogP contribution in [0.1, 0.15) is 61.0 Å². The number of ether oxygens (including phenoxy) is 2. The Morgan fingerprint density at radius 2 is 1.86 bits per heavy atom. The number of nitrogens with zero attached hydrogens (tertiary/aromatic N) is 2. The maximum Gasteiger partial charge on any atom is 0.338 e. The summed E-state index contributed by atoms with van der Waals surface area (Å²) in [5.41, 5.74) is 2.80. The monoisotopic (exact) mass is 586 g/mol. The molecule has 0 saturated carbocycles. The molecule has 0 fully saturated rings. The fourth-order valence-electron chi connectivity index (χ4n) is 4.81. The molecule has 1 aliphatic rings. The summed E-state index contributed by atoms with van der Waals surface area (Å²) in [4.78, 5) is 43.7. The van der Waals surface area contributed by atoms with Gasteiger partial charge in [0, 0.05) is 11.6 Å². The highest BCUT2D eigenvalue weighted by atomic mass is 32.1. The highest BCUT2D eigenvalue weighted by Gasteiger charge is 2.33. The number of carbonyl (C=O) groups is 2. The number of allylic oxidation sites excluding steroid dienone is 1. The molecule has 0 radical (unpaired) electrons. The van der Waals surface area contributed by atoms with Gasteiger partial charge in [-0.25, -0.2) is 14.6 Å². The third-order valence-electron chi connectivity index (χ3n) is 6.74. The lowest BCUT2D eigenvalue weighted by atomic mass is 9.96. The van der Waals surface area contributed by atoms with Crippen molar-refractivity contribution in [2.75, 3.05) is 6.61 Å². The number of hydrogen-bond donors (Lipinski definition) is 1. The maximum atomic E-state index is 13.9. The number of fused-ring (bicyclic) bond motifs is 1. The van der Waals surface area contributed by atoms with Gasteiger partial charge in [0.1, 0.15) is 17.3 Å². The van der Waals surface area contributed by atoms with Gasteiger partial charge < -0.3 is 19.0 Å². The van der Waals surface area contributed by atoms with Gasteiger partial charge in [-0.1, -0.05) is 29.5 Å². The first kappa shape index (κ1) is 28.8. The molecule has 216 valence electrons. The average Bonchev–Trinajstić information content (AvgIpc) is 3.52. The minimum absolute atomic E-state index is 0.151. The number of carbonyl (C=O) groups excluding carboxylic acids is 1. The smallest absolute Gasteiger partial charge is 0.338 e. The highest BCUT2D eigenvalue weighted by molar-refractivity contribution is 7.07. The van der Waals surface area contributed by atoms with Crippen LogP contribution in [-0.2, 0) is 9.53 Å². The zero-order chi connectivity index (χ0) is 30.1. The normalized spacial score (nSPS) is 15.0. The third-order valence-corrected chi connectivity index (χ3v) is 7.72. The molecule has 0 saturated heterocycles. The first-order chi connectivity index (χ1) is 20.1. The van der Waals surface area contributed by atoms with Crippen molar-refractivity contribution in [1.82, 2.24) is 4.57 Å². The van der Waals surface area contributed by atoms with Crippen LogP contribution in [0.5, 0.6) is 5.75 Å². The van der Waals surface area contributed by atoms with Gasteiger partial charge in [0.05, 0.1) is 40.1 Å². The number of aromatic nitrogens is 1. The second-order valence-corrected chi connectivity index (χ2v) is 11.1. The minimum Gasteiger partial charge on any atom is -0.494 e. The molecule has 1 N–H and O–H groups in total. The number of furan rings is 1. The summed E-state index contributed by atoms with van der Waals surface area (Å²) in [5, 5.41) is 9.39. The van der Waals surface area contributed by atoms with E-state index in [1.807, 2.05) is 26.0 Å². The lowest BCUT2D eigenvalue weighted by Crippen LogP contribution is -2.40. The fourth-order valence-corrected chi connectivity index (χ4v) is 5.84. The van der Waals surface area contributed by atoms with Crippen molar-refractivity contribution in [1.29, 1.82) is 0 Å². The van der Waals surface area contributed by atoms with Gasteiger partial charge in [-0.15, -0.1) is 0 Å². The van der Waals surface area contributed by atoms with Crippen molar-refractivity contribution < 1.29 is 28.6 Å². The Bertz CT molecular complexity index is 1890. The summed E-state index contributed by atoms with van der Waals surface area (Å²) in [5.74, 6) is 0.0187. The first-order valence-electron chi connectivity index (χ1n) is 13.5. The Labute approximate surface area is 245 Å². The number of rotatable bonds is 8.